The Kier molecular flexibility index (Phi) is 3.67. The molecule has 0 atom stereocenters. The summed E-state index contributed by atoms with van der Waals surface area (Å²) in [6.07, 6.45) is 3.51. The molecule has 1 aliphatic heterocycles. The number of carbonyl (C=O) groups excluding carboxylic acids is 1. The first kappa shape index (κ1) is 12.0. The zero-order valence-corrected chi connectivity index (χ0v) is 10.6. The second kappa shape index (κ2) is 5.21. The van der Waals surface area contributed by atoms with Crippen molar-refractivity contribution in [1.82, 2.24) is 4.90 Å². The Hall–Kier alpha value is -1.51. The first-order chi connectivity index (χ1) is 8.20. The molecule has 3 nitrogen and oxygen atoms in total. The highest BCUT2D eigenvalue weighted by atomic mass is 16.2. The van der Waals surface area contributed by atoms with E-state index in [-0.39, 0.29) is 6.03 Å². The van der Waals surface area contributed by atoms with Gasteiger partial charge in [-0.15, -0.1) is 0 Å². The molecule has 1 aliphatic rings. The average molecular weight is 232 g/mol. The van der Waals surface area contributed by atoms with E-state index in [2.05, 4.69) is 0 Å². The van der Waals surface area contributed by atoms with E-state index in [1.165, 1.54) is 6.42 Å². The van der Waals surface area contributed by atoms with Gasteiger partial charge in [0.1, 0.15) is 0 Å². The molecule has 0 aliphatic carbocycles. The van der Waals surface area contributed by atoms with Crippen molar-refractivity contribution in [2.24, 2.45) is 0 Å². The number of carbonyl (C=O) groups is 1. The van der Waals surface area contributed by atoms with E-state index < -0.39 is 0 Å². The fraction of sp³-hybridized carbons (Fsp3) is 0.500. The lowest BCUT2D eigenvalue weighted by atomic mass is 10.1. The fourth-order valence-electron chi connectivity index (χ4n) is 2.34. The molecule has 0 spiro atoms. The van der Waals surface area contributed by atoms with Crippen LogP contribution in [0, 0.1) is 6.92 Å². The number of hydrogen-bond donors (Lipinski definition) is 0. The van der Waals surface area contributed by atoms with Crippen molar-refractivity contribution in [3.63, 3.8) is 0 Å². The van der Waals surface area contributed by atoms with Crippen LogP contribution in [-0.4, -0.2) is 31.1 Å². The van der Waals surface area contributed by atoms with E-state index in [4.69, 9.17) is 0 Å². The molecular formula is C14H20N2O. The van der Waals surface area contributed by atoms with Gasteiger partial charge in [-0.25, -0.2) is 4.79 Å². The lowest BCUT2D eigenvalue weighted by Gasteiger charge is -2.31. The normalized spacial score (nSPS) is 15.8. The average Bonchev–Trinajstić information content (AvgIpc) is 2.39. The standard InChI is InChI=1S/C14H20N2O/c1-12-8-4-5-9-13(12)15(2)14(17)16-10-6-3-7-11-16/h4-5,8-9H,3,6-7,10-11H2,1-2H3. The number of urea groups is 1. The number of hydrogen-bond acceptors (Lipinski definition) is 1. The number of piperidine rings is 1. The second-order valence-electron chi connectivity index (χ2n) is 4.68. The molecule has 0 bridgehead atoms. The fourth-order valence-corrected chi connectivity index (χ4v) is 2.34. The molecular weight excluding hydrogens is 212 g/mol. The highest BCUT2D eigenvalue weighted by Gasteiger charge is 2.21. The molecule has 0 radical (unpaired) electrons. The molecule has 0 saturated carbocycles. The Balaban J connectivity index is 2.11. The number of anilines is 1. The Morgan fingerprint density at radius 3 is 2.47 bits per heavy atom. The number of rotatable bonds is 1. The molecule has 17 heavy (non-hydrogen) atoms. The Morgan fingerprint density at radius 2 is 1.82 bits per heavy atom. The van der Waals surface area contributed by atoms with Crippen LogP contribution < -0.4 is 4.90 Å². The van der Waals surface area contributed by atoms with Crippen LogP contribution in [0.3, 0.4) is 0 Å². The van der Waals surface area contributed by atoms with Gasteiger partial charge in [-0.05, 0) is 37.8 Å². The smallest absolute Gasteiger partial charge is 0.324 e. The van der Waals surface area contributed by atoms with Crippen molar-refractivity contribution in [2.75, 3.05) is 25.0 Å². The number of nitrogens with zero attached hydrogens (tertiary/aromatic N) is 2. The van der Waals surface area contributed by atoms with Crippen molar-refractivity contribution in [3.05, 3.63) is 29.8 Å². The van der Waals surface area contributed by atoms with Crippen molar-refractivity contribution in [1.29, 1.82) is 0 Å². The minimum Gasteiger partial charge on any atom is -0.324 e. The zero-order chi connectivity index (χ0) is 12.3. The third-order valence-electron chi connectivity index (χ3n) is 3.39. The van der Waals surface area contributed by atoms with Gasteiger partial charge in [0, 0.05) is 25.8 Å². The van der Waals surface area contributed by atoms with Gasteiger partial charge < -0.3 is 4.90 Å². The zero-order valence-electron chi connectivity index (χ0n) is 10.6. The third-order valence-corrected chi connectivity index (χ3v) is 3.39. The predicted molar refractivity (Wildman–Crippen MR) is 70.4 cm³/mol. The molecule has 2 amide bonds. The monoisotopic (exact) mass is 232 g/mol. The van der Waals surface area contributed by atoms with E-state index in [9.17, 15) is 4.79 Å². The Bertz CT molecular complexity index is 397. The summed E-state index contributed by atoms with van der Waals surface area (Å²) < 4.78 is 0. The first-order valence-electron chi connectivity index (χ1n) is 6.28. The lowest BCUT2D eigenvalue weighted by Crippen LogP contribution is -2.44. The van der Waals surface area contributed by atoms with Crippen molar-refractivity contribution in [3.8, 4) is 0 Å². The highest BCUT2D eigenvalue weighted by molar-refractivity contribution is 5.92. The Labute approximate surface area is 103 Å². The third kappa shape index (κ3) is 2.60. The maximum Gasteiger partial charge on any atom is 0.324 e. The second-order valence-corrected chi connectivity index (χ2v) is 4.68. The summed E-state index contributed by atoms with van der Waals surface area (Å²) >= 11 is 0. The minimum atomic E-state index is 0.124. The van der Waals surface area contributed by atoms with E-state index in [0.29, 0.717) is 0 Å². The van der Waals surface area contributed by atoms with E-state index >= 15 is 0 Å². The highest BCUT2D eigenvalue weighted by Crippen LogP contribution is 2.20. The largest absolute Gasteiger partial charge is 0.324 e. The van der Waals surface area contributed by atoms with Gasteiger partial charge in [0.15, 0.2) is 0 Å². The number of likely N-dealkylation sites (tertiary alicyclic amines) is 1. The van der Waals surface area contributed by atoms with Crippen LogP contribution in [0.4, 0.5) is 10.5 Å². The van der Waals surface area contributed by atoms with Gasteiger partial charge >= 0.3 is 6.03 Å². The molecule has 0 N–H and O–H groups in total. The quantitative estimate of drug-likeness (QED) is 0.730. The Morgan fingerprint density at radius 1 is 1.18 bits per heavy atom. The van der Waals surface area contributed by atoms with Crippen molar-refractivity contribution >= 4 is 11.7 Å². The van der Waals surface area contributed by atoms with Crippen LogP contribution in [0.1, 0.15) is 24.8 Å². The summed E-state index contributed by atoms with van der Waals surface area (Å²) in [6.45, 7) is 3.83. The van der Waals surface area contributed by atoms with Crippen molar-refractivity contribution in [2.45, 2.75) is 26.2 Å². The number of para-hydroxylation sites is 1. The summed E-state index contributed by atoms with van der Waals surface area (Å²) in [5.41, 5.74) is 2.14. The molecule has 2 rings (SSSR count). The number of aryl methyl sites for hydroxylation is 1. The summed E-state index contributed by atoms with van der Waals surface area (Å²) in [5, 5.41) is 0. The maximum atomic E-state index is 12.3. The molecule has 1 aromatic carbocycles. The van der Waals surface area contributed by atoms with Crippen LogP contribution >= 0.6 is 0 Å². The minimum absolute atomic E-state index is 0.124. The van der Waals surface area contributed by atoms with Crippen molar-refractivity contribution < 1.29 is 4.79 Å². The topological polar surface area (TPSA) is 23.6 Å². The first-order valence-corrected chi connectivity index (χ1v) is 6.28. The predicted octanol–water partition coefficient (Wildman–Crippen LogP) is 3.04. The van der Waals surface area contributed by atoms with E-state index in [1.54, 1.807) is 4.90 Å². The molecule has 0 aromatic heterocycles. The summed E-state index contributed by atoms with van der Waals surface area (Å²) in [6, 6.07) is 8.13. The molecule has 1 aromatic rings. The number of benzene rings is 1. The molecule has 92 valence electrons. The lowest BCUT2D eigenvalue weighted by molar-refractivity contribution is 0.194. The summed E-state index contributed by atoms with van der Waals surface area (Å²) in [5.74, 6) is 0. The van der Waals surface area contributed by atoms with Gasteiger partial charge in [0.2, 0.25) is 0 Å². The van der Waals surface area contributed by atoms with Gasteiger partial charge in [-0.3, -0.25) is 4.90 Å². The summed E-state index contributed by atoms with van der Waals surface area (Å²) in [4.78, 5) is 16.0. The van der Waals surface area contributed by atoms with Crippen LogP contribution in [0.25, 0.3) is 0 Å². The van der Waals surface area contributed by atoms with Crippen LogP contribution in [0.2, 0.25) is 0 Å². The van der Waals surface area contributed by atoms with E-state index in [0.717, 1.165) is 37.2 Å². The molecule has 1 fully saturated rings. The molecule has 1 saturated heterocycles. The van der Waals surface area contributed by atoms with E-state index in [1.807, 2.05) is 43.1 Å². The number of amides is 2. The van der Waals surface area contributed by atoms with Gasteiger partial charge in [-0.1, -0.05) is 18.2 Å². The molecule has 0 unspecified atom stereocenters. The van der Waals surface area contributed by atoms with Crippen LogP contribution in [0.5, 0.6) is 0 Å². The summed E-state index contributed by atoms with van der Waals surface area (Å²) in [7, 11) is 1.86. The maximum absolute atomic E-state index is 12.3. The SMILES string of the molecule is Cc1ccccc1N(C)C(=O)N1CCCCC1. The van der Waals surface area contributed by atoms with Crippen LogP contribution in [0.15, 0.2) is 24.3 Å². The molecule has 3 heteroatoms. The molecule has 1 heterocycles. The van der Waals surface area contributed by atoms with Crippen LogP contribution in [-0.2, 0) is 0 Å². The van der Waals surface area contributed by atoms with Gasteiger partial charge in [0.25, 0.3) is 0 Å². The van der Waals surface area contributed by atoms with Gasteiger partial charge in [-0.2, -0.15) is 0 Å². The van der Waals surface area contributed by atoms with Gasteiger partial charge in [0.05, 0.1) is 0 Å².